The van der Waals surface area contributed by atoms with E-state index in [9.17, 15) is 4.79 Å². The largest absolute Gasteiger partial charge is 0.324 e. The van der Waals surface area contributed by atoms with E-state index in [0.717, 1.165) is 55.1 Å². The van der Waals surface area contributed by atoms with E-state index in [1.165, 1.54) is 5.69 Å². The second-order valence-corrected chi connectivity index (χ2v) is 7.28. The standard InChI is InChI=1S/C22H26N4O/c1-17(27)23-22-19-10-6-7-11-26(19)20(16-25-14-12-24(2)13-15-25)21(22)18-8-4-3-5-9-18/h3-11H,12-16H2,1-2H3,(H,23,27). The van der Waals surface area contributed by atoms with E-state index in [-0.39, 0.29) is 5.91 Å². The predicted octanol–water partition coefficient (Wildman–Crippen LogP) is 3.31. The summed E-state index contributed by atoms with van der Waals surface area (Å²) in [6.07, 6.45) is 2.10. The summed E-state index contributed by atoms with van der Waals surface area (Å²) in [7, 11) is 2.17. The van der Waals surface area contributed by atoms with Crippen molar-refractivity contribution in [3.63, 3.8) is 0 Å². The maximum absolute atomic E-state index is 11.9. The molecule has 3 heterocycles. The molecule has 0 atom stereocenters. The van der Waals surface area contributed by atoms with Crippen molar-refractivity contribution in [2.45, 2.75) is 13.5 Å². The van der Waals surface area contributed by atoms with E-state index >= 15 is 0 Å². The Balaban J connectivity index is 1.86. The van der Waals surface area contributed by atoms with Crippen LogP contribution in [0.1, 0.15) is 12.6 Å². The van der Waals surface area contributed by atoms with Gasteiger partial charge < -0.3 is 14.6 Å². The molecule has 0 unspecified atom stereocenters. The zero-order valence-electron chi connectivity index (χ0n) is 16.0. The Morgan fingerprint density at radius 2 is 1.70 bits per heavy atom. The van der Waals surface area contributed by atoms with Gasteiger partial charge in [-0.15, -0.1) is 0 Å². The van der Waals surface area contributed by atoms with Gasteiger partial charge in [0.2, 0.25) is 5.91 Å². The minimum Gasteiger partial charge on any atom is -0.324 e. The summed E-state index contributed by atoms with van der Waals surface area (Å²) in [4.78, 5) is 16.8. The van der Waals surface area contributed by atoms with E-state index in [1.54, 1.807) is 6.92 Å². The second-order valence-electron chi connectivity index (χ2n) is 7.28. The van der Waals surface area contributed by atoms with E-state index in [4.69, 9.17) is 0 Å². The molecule has 0 bridgehead atoms. The third-order valence-electron chi connectivity index (χ3n) is 5.28. The lowest BCUT2D eigenvalue weighted by Gasteiger charge is -2.32. The lowest BCUT2D eigenvalue weighted by atomic mass is 10.0. The Morgan fingerprint density at radius 1 is 1.00 bits per heavy atom. The fraction of sp³-hybridized carbons (Fsp3) is 0.318. The number of rotatable bonds is 4. The van der Waals surface area contributed by atoms with Crippen molar-refractivity contribution in [2.24, 2.45) is 0 Å². The minimum absolute atomic E-state index is 0.0466. The summed E-state index contributed by atoms with van der Waals surface area (Å²) in [6.45, 7) is 6.72. The number of likely N-dealkylation sites (N-methyl/N-ethyl adjacent to an activating group) is 1. The van der Waals surface area contributed by atoms with Gasteiger partial charge in [0.05, 0.1) is 11.2 Å². The summed E-state index contributed by atoms with van der Waals surface area (Å²) >= 11 is 0. The van der Waals surface area contributed by atoms with E-state index < -0.39 is 0 Å². The molecule has 2 aromatic heterocycles. The Labute approximate surface area is 160 Å². The topological polar surface area (TPSA) is 40.0 Å². The number of benzene rings is 1. The van der Waals surface area contributed by atoms with Gasteiger partial charge in [-0.1, -0.05) is 36.4 Å². The molecule has 140 valence electrons. The van der Waals surface area contributed by atoms with Gasteiger partial charge in [-0.3, -0.25) is 9.69 Å². The maximum atomic E-state index is 11.9. The Morgan fingerprint density at radius 3 is 2.41 bits per heavy atom. The van der Waals surface area contributed by atoms with Gasteiger partial charge in [-0.25, -0.2) is 0 Å². The van der Waals surface area contributed by atoms with Gasteiger partial charge in [0.25, 0.3) is 0 Å². The summed E-state index contributed by atoms with van der Waals surface area (Å²) in [5.74, 6) is -0.0466. The fourth-order valence-corrected chi connectivity index (χ4v) is 3.87. The molecule has 3 aromatic rings. The first-order valence-electron chi connectivity index (χ1n) is 9.49. The van der Waals surface area contributed by atoms with Gasteiger partial charge in [0, 0.05) is 57.1 Å². The molecule has 1 saturated heterocycles. The average molecular weight is 362 g/mol. The number of hydrogen-bond donors (Lipinski definition) is 1. The number of aromatic nitrogens is 1. The van der Waals surface area contributed by atoms with Crippen LogP contribution in [0.15, 0.2) is 54.7 Å². The summed E-state index contributed by atoms with van der Waals surface area (Å²) in [5.41, 5.74) is 5.42. The summed E-state index contributed by atoms with van der Waals surface area (Å²) in [6, 6.07) is 16.5. The van der Waals surface area contributed by atoms with Crippen LogP contribution in [0.2, 0.25) is 0 Å². The zero-order valence-corrected chi connectivity index (χ0v) is 16.0. The normalized spacial score (nSPS) is 15.9. The van der Waals surface area contributed by atoms with Crippen LogP contribution in [0, 0.1) is 0 Å². The first-order chi connectivity index (χ1) is 13.1. The molecule has 1 aromatic carbocycles. The number of carbonyl (C=O) groups is 1. The van der Waals surface area contributed by atoms with E-state index in [0.29, 0.717) is 0 Å². The smallest absolute Gasteiger partial charge is 0.221 e. The third kappa shape index (κ3) is 3.61. The molecule has 27 heavy (non-hydrogen) atoms. The monoisotopic (exact) mass is 362 g/mol. The number of anilines is 1. The van der Waals surface area contributed by atoms with Crippen molar-refractivity contribution in [1.82, 2.24) is 14.2 Å². The third-order valence-corrected chi connectivity index (χ3v) is 5.28. The molecule has 5 heteroatoms. The molecule has 1 aliphatic heterocycles. The Kier molecular flexibility index (Phi) is 4.97. The Hall–Kier alpha value is -2.63. The average Bonchev–Trinajstić information content (AvgIpc) is 2.97. The molecule has 1 fully saturated rings. The molecule has 0 spiro atoms. The highest BCUT2D eigenvalue weighted by molar-refractivity contribution is 6.02. The minimum atomic E-state index is -0.0466. The fourth-order valence-electron chi connectivity index (χ4n) is 3.87. The number of amides is 1. The van der Waals surface area contributed by atoms with Crippen molar-refractivity contribution in [1.29, 1.82) is 0 Å². The van der Waals surface area contributed by atoms with Gasteiger partial charge in [-0.05, 0) is 24.7 Å². The second kappa shape index (κ2) is 7.55. The maximum Gasteiger partial charge on any atom is 0.221 e. The van der Waals surface area contributed by atoms with Crippen LogP contribution in [0.25, 0.3) is 16.6 Å². The van der Waals surface area contributed by atoms with Gasteiger partial charge in [0.15, 0.2) is 0 Å². The molecular formula is C22H26N4O. The number of pyridine rings is 1. The predicted molar refractivity (Wildman–Crippen MR) is 110 cm³/mol. The van der Waals surface area contributed by atoms with Crippen LogP contribution in [-0.2, 0) is 11.3 Å². The number of nitrogens with zero attached hydrogens (tertiary/aromatic N) is 3. The van der Waals surface area contributed by atoms with E-state index in [2.05, 4.69) is 63.1 Å². The lowest BCUT2D eigenvalue weighted by molar-refractivity contribution is -0.114. The molecule has 0 saturated carbocycles. The molecule has 4 rings (SSSR count). The van der Waals surface area contributed by atoms with Gasteiger partial charge >= 0.3 is 0 Å². The zero-order chi connectivity index (χ0) is 18.8. The first kappa shape index (κ1) is 17.8. The first-order valence-corrected chi connectivity index (χ1v) is 9.49. The number of carbonyl (C=O) groups excluding carboxylic acids is 1. The van der Waals surface area contributed by atoms with Gasteiger partial charge in [0.1, 0.15) is 0 Å². The van der Waals surface area contributed by atoms with Crippen molar-refractivity contribution >= 4 is 17.1 Å². The molecule has 5 nitrogen and oxygen atoms in total. The van der Waals surface area contributed by atoms with Gasteiger partial charge in [-0.2, -0.15) is 0 Å². The quantitative estimate of drug-likeness (QED) is 0.774. The van der Waals surface area contributed by atoms with Crippen LogP contribution >= 0.6 is 0 Å². The number of fused-ring (bicyclic) bond motifs is 1. The SMILES string of the molecule is CC(=O)Nc1c(-c2ccccc2)c(CN2CCN(C)CC2)n2ccccc12. The van der Waals surface area contributed by atoms with Crippen LogP contribution in [-0.4, -0.2) is 53.3 Å². The van der Waals surface area contributed by atoms with E-state index in [1.807, 2.05) is 18.2 Å². The van der Waals surface area contributed by atoms with Crippen LogP contribution in [0.5, 0.6) is 0 Å². The summed E-state index contributed by atoms with van der Waals surface area (Å²) < 4.78 is 2.23. The van der Waals surface area contributed by atoms with Crippen molar-refractivity contribution < 1.29 is 4.79 Å². The van der Waals surface area contributed by atoms with Crippen LogP contribution in [0.3, 0.4) is 0 Å². The molecule has 1 aliphatic rings. The highest BCUT2D eigenvalue weighted by Crippen LogP contribution is 2.38. The van der Waals surface area contributed by atoms with Crippen LogP contribution in [0.4, 0.5) is 5.69 Å². The molecule has 0 aliphatic carbocycles. The number of nitrogens with one attached hydrogen (secondary N) is 1. The lowest BCUT2D eigenvalue weighted by Crippen LogP contribution is -2.44. The number of piperazine rings is 1. The molecule has 1 N–H and O–H groups in total. The van der Waals surface area contributed by atoms with Crippen molar-refractivity contribution in [2.75, 3.05) is 38.5 Å². The molecular weight excluding hydrogens is 336 g/mol. The van der Waals surface area contributed by atoms with Crippen LogP contribution < -0.4 is 5.32 Å². The molecule has 1 amide bonds. The summed E-state index contributed by atoms with van der Waals surface area (Å²) in [5, 5.41) is 3.09. The number of hydrogen-bond acceptors (Lipinski definition) is 3. The van der Waals surface area contributed by atoms with Crippen molar-refractivity contribution in [3.8, 4) is 11.1 Å². The highest BCUT2D eigenvalue weighted by atomic mass is 16.1. The highest BCUT2D eigenvalue weighted by Gasteiger charge is 2.23. The molecule has 0 radical (unpaired) electrons. The van der Waals surface area contributed by atoms with Crippen molar-refractivity contribution in [3.05, 3.63) is 60.4 Å². The Bertz CT molecular complexity index is 940.